The zero-order valence-corrected chi connectivity index (χ0v) is 21.2. The number of halogens is 1. The van der Waals surface area contributed by atoms with Crippen LogP contribution in [0.3, 0.4) is 0 Å². The second-order valence-corrected chi connectivity index (χ2v) is 8.98. The molecule has 1 aromatic rings. The number of hydrogen-bond acceptors (Lipinski definition) is 3. The summed E-state index contributed by atoms with van der Waals surface area (Å²) in [6, 6.07) is 4.41. The van der Waals surface area contributed by atoms with Crippen LogP contribution < -0.4 is 0 Å². The fourth-order valence-electron chi connectivity index (χ4n) is 2.96. The molecule has 1 rings (SSSR count). The van der Waals surface area contributed by atoms with E-state index in [9.17, 15) is 0 Å². The fourth-order valence-corrected chi connectivity index (χ4v) is 4.31. The van der Waals surface area contributed by atoms with E-state index >= 15 is 0 Å². The van der Waals surface area contributed by atoms with Gasteiger partial charge in [-0.3, -0.25) is 0 Å². The van der Waals surface area contributed by atoms with E-state index in [-0.39, 0.29) is 23.3 Å². The monoisotopic (exact) mass is 480 g/mol. The second kappa shape index (κ2) is 19.8. The van der Waals surface area contributed by atoms with Crippen LogP contribution in [0.2, 0.25) is 0 Å². The molecule has 0 amide bonds. The molecule has 0 saturated heterocycles. The van der Waals surface area contributed by atoms with Crippen molar-refractivity contribution in [2.24, 2.45) is 0 Å². The Bertz CT molecular complexity index is 393. The summed E-state index contributed by atoms with van der Waals surface area (Å²) >= 11 is 1.88. The normalized spacial score (nSPS) is 12.3. The molecule has 0 aliphatic carbocycles. The van der Waals surface area contributed by atoms with Crippen molar-refractivity contribution in [3.05, 3.63) is 22.4 Å². The minimum absolute atomic E-state index is 0. The molecule has 27 heavy (non-hydrogen) atoms. The van der Waals surface area contributed by atoms with Crippen molar-refractivity contribution in [3.63, 3.8) is 0 Å². The van der Waals surface area contributed by atoms with Gasteiger partial charge in [0.2, 0.25) is 0 Å². The first-order valence-electron chi connectivity index (χ1n) is 10.8. The van der Waals surface area contributed by atoms with Crippen molar-refractivity contribution in [2.75, 3.05) is 13.2 Å². The molecule has 2 nitrogen and oxygen atoms in total. The molecule has 5 heteroatoms. The van der Waals surface area contributed by atoms with Crippen LogP contribution in [0.25, 0.3) is 0 Å². The van der Waals surface area contributed by atoms with Crippen LogP contribution in [0.5, 0.6) is 0 Å². The molecule has 160 valence electrons. The lowest BCUT2D eigenvalue weighted by atomic mass is 10.1. The van der Waals surface area contributed by atoms with Crippen LogP contribution >= 0.6 is 37.6 Å². The van der Waals surface area contributed by atoms with Crippen LogP contribution in [-0.2, 0) is 9.47 Å². The predicted octanol–water partition coefficient (Wildman–Crippen LogP) is 8.32. The Hall–Kier alpha value is 0.530. The highest BCUT2D eigenvalue weighted by Gasteiger charge is 2.09. The molecule has 0 saturated carbocycles. The summed E-state index contributed by atoms with van der Waals surface area (Å²) in [5.41, 5.74) is 0.649. The Balaban J connectivity index is 0.00000676. The molecule has 0 aliphatic heterocycles. The number of ether oxygens (including phenoxy) is 2. The van der Waals surface area contributed by atoms with E-state index in [1.165, 1.54) is 62.7 Å². The van der Waals surface area contributed by atoms with E-state index in [4.69, 9.17) is 9.47 Å². The summed E-state index contributed by atoms with van der Waals surface area (Å²) in [5.74, 6) is 0. The van der Waals surface area contributed by atoms with E-state index in [0.717, 1.165) is 32.5 Å². The highest BCUT2D eigenvalue weighted by Crippen LogP contribution is 2.32. The first-order valence-corrected chi connectivity index (χ1v) is 12.3. The Morgan fingerprint density at radius 3 is 1.93 bits per heavy atom. The summed E-state index contributed by atoms with van der Waals surface area (Å²) in [5, 5.41) is 2.18. The highest BCUT2D eigenvalue weighted by atomic mass is 79.9. The summed E-state index contributed by atoms with van der Waals surface area (Å²) < 4.78 is 11.8. The first kappa shape index (κ1) is 27.5. The Morgan fingerprint density at radius 1 is 0.852 bits per heavy atom. The molecule has 0 radical (unpaired) electrons. The molecule has 0 bridgehead atoms. The van der Waals surface area contributed by atoms with Gasteiger partial charge in [0.25, 0.3) is 0 Å². The summed E-state index contributed by atoms with van der Waals surface area (Å²) in [4.78, 5) is 1.51. The molecule has 2 unspecified atom stereocenters. The van der Waals surface area contributed by atoms with Gasteiger partial charge in [0, 0.05) is 23.7 Å². The molecule has 0 aliphatic rings. The minimum Gasteiger partial charge on any atom is -0.353 e. The van der Waals surface area contributed by atoms with Crippen LogP contribution in [0.4, 0.5) is 0 Å². The quantitative estimate of drug-likeness (QED) is 0.119. The summed E-state index contributed by atoms with van der Waals surface area (Å²) in [6.45, 7) is 6.09. The average Bonchev–Trinajstić information content (AvgIpc) is 3.18. The van der Waals surface area contributed by atoms with Gasteiger partial charge in [0.05, 0.1) is 0 Å². The van der Waals surface area contributed by atoms with Gasteiger partial charge in [0.15, 0.2) is 6.29 Å². The number of unbranched alkanes of at least 4 members (excludes halogenated alkanes) is 7. The van der Waals surface area contributed by atoms with Crippen molar-refractivity contribution in [3.8, 4) is 0 Å². The lowest BCUT2D eigenvalue weighted by Crippen LogP contribution is -2.18. The molecule has 0 N–H and O–H groups in total. The van der Waals surface area contributed by atoms with E-state index in [1.807, 2.05) is 11.3 Å². The van der Waals surface area contributed by atoms with E-state index in [2.05, 4.69) is 40.6 Å². The van der Waals surface area contributed by atoms with Crippen LogP contribution in [-0.4, -0.2) is 19.5 Å². The Kier molecular flexibility index (Phi) is 20.2. The van der Waals surface area contributed by atoms with E-state index in [0.29, 0.717) is 5.66 Å². The lowest BCUT2D eigenvalue weighted by Gasteiger charge is -2.18. The zero-order chi connectivity index (χ0) is 18.9. The number of thiophene rings is 1. The van der Waals surface area contributed by atoms with Crippen molar-refractivity contribution in [1.82, 2.24) is 0 Å². The molecule has 0 aromatic carbocycles. The molecule has 1 aromatic heterocycles. The predicted molar refractivity (Wildman–Crippen MR) is 130 cm³/mol. The SMILES string of the molecule is Br.CCCCOC(CCCCCCCCC(P)c1cccs1)OCCCC. The van der Waals surface area contributed by atoms with E-state index < -0.39 is 0 Å². The van der Waals surface area contributed by atoms with Crippen LogP contribution in [0, 0.1) is 0 Å². The summed E-state index contributed by atoms with van der Waals surface area (Å²) in [7, 11) is 3.01. The van der Waals surface area contributed by atoms with Crippen molar-refractivity contribution in [2.45, 2.75) is 103 Å². The van der Waals surface area contributed by atoms with Gasteiger partial charge in [-0.1, -0.05) is 64.9 Å². The van der Waals surface area contributed by atoms with Gasteiger partial charge in [0.1, 0.15) is 0 Å². The lowest BCUT2D eigenvalue weighted by molar-refractivity contribution is -0.147. The van der Waals surface area contributed by atoms with E-state index in [1.54, 1.807) is 0 Å². The van der Waals surface area contributed by atoms with Crippen molar-refractivity contribution >= 4 is 37.6 Å². The Morgan fingerprint density at radius 2 is 1.41 bits per heavy atom. The van der Waals surface area contributed by atoms with Gasteiger partial charge in [-0.25, -0.2) is 0 Å². The maximum absolute atomic E-state index is 5.91. The number of hydrogen-bond donors (Lipinski definition) is 0. The highest BCUT2D eigenvalue weighted by molar-refractivity contribution is 8.93. The largest absolute Gasteiger partial charge is 0.353 e. The molecule has 1 heterocycles. The maximum atomic E-state index is 5.91. The van der Waals surface area contributed by atoms with Crippen LogP contribution in [0.1, 0.15) is 101 Å². The fraction of sp³-hybridized carbons (Fsp3) is 0.818. The molecular formula is C22H42BrO2PS. The van der Waals surface area contributed by atoms with Crippen molar-refractivity contribution < 1.29 is 9.47 Å². The standard InChI is InChI=1S/C22H41O2PS.BrH/c1-3-5-17-23-22(24-18-6-4-2)16-12-10-8-7-9-11-14-20(25)21-15-13-19-26-21;/h13,15,19-20,22H,3-12,14,16-18,25H2,1-2H3;1H. The minimum atomic E-state index is 0. The van der Waals surface area contributed by atoms with Crippen molar-refractivity contribution in [1.29, 1.82) is 0 Å². The number of rotatable bonds is 18. The molecule has 0 spiro atoms. The third kappa shape index (κ3) is 15.1. The first-order chi connectivity index (χ1) is 12.8. The van der Waals surface area contributed by atoms with Gasteiger partial charge in [-0.05, 0) is 43.6 Å². The summed E-state index contributed by atoms with van der Waals surface area (Å²) in [6.07, 6.45) is 15.0. The van der Waals surface area contributed by atoms with Crippen LogP contribution in [0.15, 0.2) is 17.5 Å². The third-order valence-electron chi connectivity index (χ3n) is 4.72. The third-order valence-corrected chi connectivity index (χ3v) is 6.66. The smallest absolute Gasteiger partial charge is 0.157 e. The molecular weight excluding hydrogens is 439 g/mol. The Labute approximate surface area is 185 Å². The van der Waals surface area contributed by atoms with Gasteiger partial charge >= 0.3 is 0 Å². The molecule has 2 atom stereocenters. The van der Waals surface area contributed by atoms with Gasteiger partial charge in [-0.15, -0.1) is 37.6 Å². The maximum Gasteiger partial charge on any atom is 0.157 e. The molecule has 0 fully saturated rings. The second-order valence-electron chi connectivity index (χ2n) is 7.20. The van der Waals surface area contributed by atoms with Gasteiger partial charge < -0.3 is 9.47 Å². The van der Waals surface area contributed by atoms with Gasteiger partial charge in [-0.2, -0.15) is 0 Å². The topological polar surface area (TPSA) is 18.5 Å². The average molecular weight is 482 g/mol. The zero-order valence-electron chi connectivity index (χ0n) is 17.5.